The summed E-state index contributed by atoms with van der Waals surface area (Å²) in [4.78, 5) is 14.9. The van der Waals surface area contributed by atoms with Gasteiger partial charge in [-0.2, -0.15) is 0 Å². The number of piperidine rings is 1. The Balaban J connectivity index is 1.46. The quantitative estimate of drug-likeness (QED) is 0.796. The molecule has 0 aliphatic carbocycles. The van der Waals surface area contributed by atoms with Gasteiger partial charge in [0, 0.05) is 19.0 Å². The average Bonchev–Trinajstić information content (AvgIpc) is 2.73. The normalized spacial score (nSPS) is 15.2. The number of aryl methyl sites for hydroxylation is 1. The Labute approximate surface area is 167 Å². The summed E-state index contributed by atoms with van der Waals surface area (Å²) in [5.74, 6) is 1.78. The fourth-order valence-electron chi connectivity index (χ4n) is 3.63. The maximum absolute atomic E-state index is 12.5. The molecule has 0 bridgehead atoms. The zero-order chi connectivity index (χ0) is 19.9. The molecule has 2 aromatic rings. The van der Waals surface area contributed by atoms with Gasteiger partial charge < -0.3 is 14.8 Å². The van der Waals surface area contributed by atoms with Crippen LogP contribution in [-0.2, 0) is 17.9 Å². The minimum absolute atomic E-state index is 0.104. The zero-order valence-electron chi connectivity index (χ0n) is 17.0. The van der Waals surface area contributed by atoms with Gasteiger partial charge in [0.2, 0.25) is 5.91 Å². The van der Waals surface area contributed by atoms with Crippen LogP contribution in [0.5, 0.6) is 11.5 Å². The number of carbonyl (C=O) groups excluding carboxylic acids is 1. The number of likely N-dealkylation sites (tertiary alicyclic amines) is 1. The van der Waals surface area contributed by atoms with Crippen LogP contribution in [0.25, 0.3) is 0 Å². The summed E-state index contributed by atoms with van der Waals surface area (Å²) in [5, 5.41) is 3.09. The fourth-order valence-corrected chi connectivity index (χ4v) is 3.63. The van der Waals surface area contributed by atoms with Crippen molar-refractivity contribution in [2.45, 2.75) is 32.9 Å². The molecule has 0 spiro atoms. The van der Waals surface area contributed by atoms with Crippen molar-refractivity contribution in [2.75, 3.05) is 27.3 Å². The molecule has 1 N–H and O–H groups in total. The van der Waals surface area contributed by atoms with Crippen molar-refractivity contribution in [3.63, 3.8) is 0 Å². The average molecular weight is 383 g/mol. The highest BCUT2D eigenvalue weighted by Gasteiger charge is 2.25. The van der Waals surface area contributed by atoms with Crippen molar-refractivity contribution in [3.8, 4) is 11.5 Å². The Kier molecular flexibility index (Phi) is 6.93. The second-order valence-corrected chi connectivity index (χ2v) is 7.44. The van der Waals surface area contributed by atoms with E-state index in [0.29, 0.717) is 6.54 Å². The molecule has 0 atom stereocenters. The summed E-state index contributed by atoms with van der Waals surface area (Å²) in [7, 11) is 3.30. The molecule has 1 fully saturated rings. The lowest BCUT2D eigenvalue weighted by atomic mass is 9.95. The van der Waals surface area contributed by atoms with E-state index < -0.39 is 0 Å². The van der Waals surface area contributed by atoms with Gasteiger partial charge in [-0.05, 0) is 56.1 Å². The van der Waals surface area contributed by atoms with Crippen LogP contribution in [-0.4, -0.2) is 38.1 Å². The molecule has 150 valence electrons. The Morgan fingerprint density at radius 1 is 1.00 bits per heavy atom. The molecular formula is C23H30N2O3. The smallest absolute Gasteiger partial charge is 0.223 e. The summed E-state index contributed by atoms with van der Waals surface area (Å²) < 4.78 is 10.7. The Morgan fingerprint density at radius 3 is 2.29 bits per heavy atom. The van der Waals surface area contributed by atoms with Crippen molar-refractivity contribution in [3.05, 3.63) is 59.2 Å². The molecule has 5 heteroatoms. The molecule has 3 rings (SSSR count). The van der Waals surface area contributed by atoms with Gasteiger partial charge in [-0.25, -0.2) is 0 Å². The van der Waals surface area contributed by atoms with Gasteiger partial charge >= 0.3 is 0 Å². The van der Waals surface area contributed by atoms with Crippen LogP contribution in [0, 0.1) is 12.8 Å². The van der Waals surface area contributed by atoms with E-state index in [-0.39, 0.29) is 11.8 Å². The van der Waals surface area contributed by atoms with Crippen LogP contribution in [0.15, 0.2) is 42.5 Å². The predicted octanol–water partition coefficient (Wildman–Crippen LogP) is 3.54. The third kappa shape index (κ3) is 5.26. The van der Waals surface area contributed by atoms with Crippen LogP contribution >= 0.6 is 0 Å². The monoisotopic (exact) mass is 382 g/mol. The van der Waals surface area contributed by atoms with E-state index in [4.69, 9.17) is 9.47 Å². The van der Waals surface area contributed by atoms with E-state index in [9.17, 15) is 4.79 Å². The van der Waals surface area contributed by atoms with Crippen LogP contribution in [0.2, 0.25) is 0 Å². The molecule has 2 aromatic carbocycles. The SMILES string of the molecule is COc1ccc(CN2CCC(C(=O)NCc3ccc(C)cc3)CC2)cc1OC. The number of nitrogens with zero attached hydrogens (tertiary/aromatic N) is 1. The summed E-state index contributed by atoms with van der Waals surface area (Å²) >= 11 is 0. The van der Waals surface area contributed by atoms with Gasteiger partial charge in [-0.3, -0.25) is 9.69 Å². The summed E-state index contributed by atoms with van der Waals surface area (Å²) in [6.45, 7) is 5.38. The first-order valence-corrected chi connectivity index (χ1v) is 9.85. The lowest BCUT2D eigenvalue weighted by Gasteiger charge is -2.31. The van der Waals surface area contributed by atoms with E-state index in [0.717, 1.165) is 49.5 Å². The van der Waals surface area contributed by atoms with Gasteiger partial charge in [-0.15, -0.1) is 0 Å². The zero-order valence-corrected chi connectivity index (χ0v) is 17.0. The molecular weight excluding hydrogens is 352 g/mol. The van der Waals surface area contributed by atoms with Crippen molar-refractivity contribution in [1.29, 1.82) is 0 Å². The van der Waals surface area contributed by atoms with Crippen molar-refractivity contribution in [2.24, 2.45) is 5.92 Å². The van der Waals surface area contributed by atoms with Crippen molar-refractivity contribution in [1.82, 2.24) is 10.2 Å². The summed E-state index contributed by atoms with van der Waals surface area (Å²) in [6.07, 6.45) is 1.79. The molecule has 0 radical (unpaired) electrons. The Bertz CT molecular complexity index is 781. The maximum atomic E-state index is 12.5. The molecule has 0 unspecified atom stereocenters. The van der Waals surface area contributed by atoms with E-state index >= 15 is 0 Å². The molecule has 28 heavy (non-hydrogen) atoms. The number of benzene rings is 2. The van der Waals surface area contributed by atoms with Crippen LogP contribution in [0.4, 0.5) is 0 Å². The first-order valence-electron chi connectivity index (χ1n) is 9.85. The fraction of sp³-hybridized carbons (Fsp3) is 0.435. The number of hydrogen-bond acceptors (Lipinski definition) is 4. The molecule has 1 amide bonds. The van der Waals surface area contributed by atoms with Crippen molar-refractivity contribution < 1.29 is 14.3 Å². The van der Waals surface area contributed by atoms with E-state index in [1.165, 1.54) is 11.1 Å². The Hall–Kier alpha value is -2.53. The third-order valence-electron chi connectivity index (χ3n) is 5.40. The van der Waals surface area contributed by atoms with Crippen molar-refractivity contribution >= 4 is 5.91 Å². The first kappa shape index (κ1) is 20.2. The van der Waals surface area contributed by atoms with E-state index in [1.807, 2.05) is 12.1 Å². The molecule has 1 aliphatic rings. The minimum atomic E-state index is 0.104. The maximum Gasteiger partial charge on any atom is 0.223 e. The minimum Gasteiger partial charge on any atom is -0.493 e. The molecule has 0 saturated carbocycles. The first-order chi connectivity index (χ1) is 13.6. The number of ether oxygens (including phenoxy) is 2. The second-order valence-electron chi connectivity index (χ2n) is 7.44. The molecule has 1 saturated heterocycles. The lowest BCUT2D eigenvalue weighted by molar-refractivity contribution is -0.126. The second kappa shape index (κ2) is 9.60. The van der Waals surface area contributed by atoms with Gasteiger partial charge in [-0.1, -0.05) is 35.9 Å². The predicted molar refractivity (Wildman–Crippen MR) is 111 cm³/mol. The third-order valence-corrected chi connectivity index (χ3v) is 5.40. The topological polar surface area (TPSA) is 50.8 Å². The van der Waals surface area contributed by atoms with E-state index in [1.54, 1.807) is 14.2 Å². The lowest BCUT2D eigenvalue weighted by Crippen LogP contribution is -2.40. The van der Waals surface area contributed by atoms with Crippen LogP contribution in [0.1, 0.15) is 29.5 Å². The number of nitrogens with one attached hydrogen (secondary N) is 1. The van der Waals surface area contributed by atoms with Gasteiger partial charge in [0.1, 0.15) is 0 Å². The van der Waals surface area contributed by atoms with Crippen LogP contribution < -0.4 is 14.8 Å². The van der Waals surface area contributed by atoms with Gasteiger partial charge in [0.25, 0.3) is 0 Å². The number of amides is 1. The molecule has 1 aliphatic heterocycles. The number of rotatable bonds is 7. The molecule has 0 aromatic heterocycles. The largest absolute Gasteiger partial charge is 0.493 e. The van der Waals surface area contributed by atoms with Crippen LogP contribution in [0.3, 0.4) is 0 Å². The Morgan fingerprint density at radius 2 is 1.64 bits per heavy atom. The summed E-state index contributed by atoms with van der Waals surface area (Å²) in [5.41, 5.74) is 3.57. The standard InChI is InChI=1S/C23H30N2O3/c1-17-4-6-18(7-5-17)15-24-23(26)20-10-12-25(13-11-20)16-19-8-9-21(27-2)22(14-19)28-3/h4-9,14,20H,10-13,15-16H2,1-3H3,(H,24,26). The number of carbonyl (C=O) groups is 1. The highest BCUT2D eigenvalue weighted by atomic mass is 16.5. The van der Waals surface area contributed by atoms with Gasteiger partial charge in [0.15, 0.2) is 11.5 Å². The number of hydrogen-bond donors (Lipinski definition) is 1. The molecule has 1 heterocycles. The van der Waals surface area contributed by atoms with Gasteiger partial charge in [0.05, 0.1) is 14.2 Å². The number of methoxy groups -OCH3 is 2. The highest BCUT2D eigenvalue weighted by molar-refractivity contribution is 5.78. The summed E-state index contributed by atoms with van der Waals surface area (Å²) in [6, 6.07) is 14.3. The molecule has 5 nitrogen and oxygen atoms in total. The highest BCUT2D eigenvalue weighted by Crippen LogP contribution is 2.28. The van der Waals surface area contributed by atoms with E-state index in [2.05, 4.69) is 47.5 Å².